The highest BCUT2D eigenvalue weighted by Gasteiger charge is 2.39. The molecule has 0 spiro atoms. The van der Waals surface area contributed by atoms with Crippen LogP contribution in [0.3, 0.4) is 0 Å². The van der Waals surface area contributed by atoms with E-state index in [0.717, 1.165) is 18.7 Å². The van der Waals surface area contributed by atoms with Crippen LogP contribution >= 0.6 is 0 Å². The van der Waals surface area contributed by atoms with E-state index in [2.05, 4.69) is 20.0 Å². The minimum atomic E-state index is -4.97. The molecule has 2 aromatic rings. The van der Waals surface area contributed by atoms with E-state index >= 15 is 0 Å². The van der Waals surface area contributed by atoms with Gasteiger partial charge in [0.2, 0.25) is 11.9 Å². The zero-order chi connectivity index (χ0) is 29.1. The van der Waals surface area contributed by atoms with Gasteiger partial charge in [0.1, 0.15) is 7.11 Å². The van der Waals surface area contributed by atoms with Crippen molar-refractivity contribution in [1.82, 2.24) is 19.8 Å². The van der Waals surface area contributed by atoms with Gasteiger partial charge in [0, 0.05) is 55.0 Å². The first-order chi connectivity index (χ1) is 18.8. The van der Waals surface area contributed by atoms with Gasteiger partial charge in [-0.2, -0.15) is 26.3 Å². The summed E-state index contributed by atoms with van der Waals surface area (Å²) in [6.45, 7) is 2.73. The number of aromatic nitrogens is 2. The fraction of sp³-hybridized carbons (Fsp3) is 0.538. The molecule has 2 aliphatic heterocycles. The fourth-order valence-corrected chi connectivity index (χ4v) is 5.24. The summed E-state index contributed by atoms with van der Waals surface area (Å²) >= 11 is 0. The molecular formula is C26H30F6N6O2. The van der Waals surface area contributed by atoms with Crippen LogP contribution in [-0.4, -0.2) is 64.7 Å². The molecule has 218 valence electrons. The van der Waals surface area contributed by atoms with Gasteiger partial charge in [0.15, 0.2) is 0 Å². The normalized spacial score (nSPS) is 18.7. The van der Waals surface area contributed by atoms with Crippen molar-refractivity contribution in [2.24, 2.45) is 17.0 Å². The van der Waals surface area contributed by atoms with Crippen molar-refractivity contribution in [2.75, 3.05) is 39.0 Å². The predicted molar refractivity (Wildman–Crippen MR) is 134 cm³/mol. The molecule has 2 N–H and O–H groups in total. The molecule has 0 aliphatic carbocycles. The molecule has 3 heterocycles. The third kappa shape index (κ3) is 7.20. The third-order valence-corrected chi connectivity index (χ3v) is 7.33. The highest BCUT2D eigenvalue weighted by molar-refractivity contribution is 6.02. The molecule has 8 nitrogen and oxygen atoms in total. The molecule has 2 saturated heterocycles. The van der Waals surface area contributed by atoms with E-state index in [1.54, 1.807) is 17.3 Å². The minimum Gasteiger partial charge on any atom is -0.399 e. The highest BCUT2D eigenvalue weighted by Crippen LogP contribution is 2.37. The van der Waals surface area contributed by atoms with E-state index in [-0.39, 0.29) is 35.1 Å². The second-order valence-corrected chi connectivity index (χ2v) is 10.1. The number of oxime groups is 1. The van der Waals surface area contributed by atoms with Crippen molar-refractivity contribution in [3.8, 4) is 0 Å². The molecule has 0 atom stereocenters. The van der Waals surface area contributed by atoms with Gasteiger partial charge in [-0.15, -0.1) is 0 Å². The Morgan fingerprint density at radius 2 is 1.45 bits per heavy atom. The van der Waals surface area contributed by atoms with E-state index in [1.807, 2.05) is 0 Å². The van der Waals surface area contributed by atoms with Gasteiger partial charge in [-0.05, 0) is 57.0 Å². The van der Waals surface area contributed by atoms with Crippen LogP contribution in [0, 0.1) is 11.8 Å². The Balaban J connectivity index is 1.38. The van der Waals surface area contributed by atoms with Crippen LogP contribution in [0.2, 0.25) is 0 Å². The van der Waals surface area contributed by atoms with E-state index in [9.17, 15) is 31.1 Å². The molecule has 0 radical (unpaired) electrons. The SMILES string of the molecule is CON=C(c1cc(C(F)(F)F)cc(C(F)(F)F)c1)C1CCN(C(=O)C2CCN(Cc3cnc(N)nc3)CC2)CC1. The fourth-order valence-electron chi connectivity index (χ4n) is 5.24. The summed E-state index contributed by atoms with van der Waals surface area (Å²) in [5.74, 6) is -0.408. The number of hydrogen-bond acceptors (Lipinski definition) is 7. The topological polar surface area (TPSA) is 96.9 Å². The van der Waals surface area contributed by atoms with Crippen molar-refractivity contribution in [1.29, 1.82) is 0 Å². The number of benzene rings is 1. The maximum atomic E-state index is 13.4. The highest BCUT2D eigenvalue weighted by atomic mass is 19.4. The molecular weight excluding hydrogens is 542 g/mol. The molecule has 2 fully saturated rings. The van der Waals surface area contributed by atoms with Crippen LogP contribution in [0.4, 0.5) is 32.3 Å². The lowest BCUT2D eigenvalue weighted by Crippen LogP contribution is -2.46. The zero-order valence-corrected chi connectivity index (χ0v) is 21.8. The molecule has 1 aromatic heterocycles. The standard InChI is InChI=1S/C26H30F6N6O2/c1-40-36-22(19-10-20(25(27,28)29)12-21(11-19)26(30,31)32)17-4-8-38(9-5-17)23(39)18-2-6-37(7-3-18)15-16-13-34-24(33)35-14-16/h10-14,17-18H,2-9,15H2,1H3,(H2,33,34,35). The number of halogens is 6. The molecule has 4 rings (SSSR count). The summed E-state index contributed by atoms with van der Waals surface area (Å²) in [5.41, 5.74) is 3.33. The average Bonchev–Trinajstić information content (AvgIpc) is 2.92. The smallest absolute Gasteiger partial charge is 0.399 e. The van der Waals surface area contributed by atoms with Crippen LogP contribution in [-0.2, 0) is 28.5 Å². The summed E-state index contributed by atoms with van der Waals surface area (Å²) in [7, 11) is 1.18. The van der Waals surface area contributed by atoms with E-state index in [4.69, 9.17) is 10.6 Å². The number of nitrogens with zero attached hydrogens (tertiary/aromatic N) is 5. The quantitative estimate of drug-likeness (QED) is 0.309. The zero-order valence-electron chi connectivity index (χ0n) is 21.8. The molecule has 0 unspecified atom stereocenters. The second kappa shape index (κ2) is 12.0. The van der Waals surface area contributed by atoms with Gasteiger partial charge in [0.05, 0.1) is 16.8 Å². The molecule has 1 amide bonds. The first-order valence-electron chi connectivity index (χ1n) is 12.8. The Bertz CT molecular complexity index is 1170. The molecule has 1 aromatic carbocycles. The molecule has 0 bridgehead atoms. The van der Waals surface area contributed by atoms with Gasteiger partial charge >= 0.3 is 12.4 Å². The van der Waals surface area contributed by atoms with Gasteiger partial charge in [-0.1, -0.05) is 5.16 Å². The Labute approximate surface area is 227 Å². The number of carbonyl (C=O) groups is 1. The minimum absolute atomic E-state index is 0.00570. The number of amides is 1. The van der Waals surface area contributed by atoms with Gasteiger partial charge in [-0.3, -0.25) is 9.69 Å². The number of hydrogen-bond donors (Lipinski definition) is 1. The van der Waals surface area contributed by atoms with E-state index in [1.165, 1.54) is 7.11 Å². The number of nitrogens with two attached hydrogens (primary N) is 1. The summed E-state index contributed by atoms with van der Waals surface area (Å²) in [4.78, 5) is 29.9. The van der Waals surface area contributed by atoms with Crippen LogP contribution in [0.1, 0.15) is 47.9 Å². The maximum Gasteiger partial charge on any atom is 0.416 e. The van der Waals surface area contributed by atoms with Crippen LogP contribution in [0.5, 0.6) is 0 Å². The lowest BCUT2D eigenvalue weighted by molar-refractivity contribution is -0.143. The number of rotatable bonds is 6. The Kier molecular flexibility index (Phi) is 8.86. The first kappa shape index (κ1) is 29.6. The summed E-state index contributed by atoms with van der Waals surface area (Å²) in [6.07, 6.45) is -4.57. The largest absolute Gasteiger partial charge is 0.416 e. The molecule has 0 saturated carbocycles. The summed E-state index contributed by atoms with van der Waals surface area (Å²) in [5, 5.41) is 3.83. The van der Waals surface area contributed by atoms with Crippen LogP contribution in [0.25, 0.3) is 0 Å². The Morgan fingerprint density at radius 1 is 0.925 bits per heavy atom. The van der Waals surface area contributed by atoms with Gasteiger partial charge in [-0.25, -0.2) is 9.97 Å². The number of nitrogen functional groups attached to an aromatic ring is 1. The van der Waals surface area contributed by atoms with E-state index in [0.29, 0.717) is 57.5 Å². The average molecular weight is 573 g/mol. The number of anilines is 1. The van der Waals surface area contributed by atoms with Crippen molar-refractivity contribution in [3.05, 3.63) is 52.8 Å². The summed E-state index contributed by atoms with van der Waals surface area (Å²) in [6, 6.07) is 1.41. The number of carbonyl (C=O) groups excluding carboxylic acids is 1. The van der Waals surface area contributed by atoms with Crippen LogP contribution in [0.15, 0.2) is 35.7 Å². The van der Waals surface area contributed by atoms with Crippen LogP contribution < -0.4 is 5.73 Å². The Hall–Kier alpha value is -3.42. The number of alkyl halides is 6. The van der Waals surface area contributed by atoms with Crippen molar-refractivity contribution in [3.63, 3.8) is 0 Å². The number of likely N-dealkylation sites (tertiary alicyclic amines) is 2. The molecule has 40 heavy (non-hydrogen) atoms. The predicted octanol–water partition coefficient (Wildman–Crippen LogP) is 4.60. The second-order valence-electron chi connectivity index (χ2n) is 10.1. The molecule has 14 heteroatoms. The summed E-state index contributed by atoms with van der Waals surface area (Å²) < 4.78 is 80.4. The first-order valence-corrected chi connectivity index (χ1v) is 12.8. The maximum absolute atomic E-state index is 13.4. The lowest BCUT2D eigenvalue weighted by atomic mass is 9.86. The third-order valence-electron chi connectivity index (χ3n) is 7.33. The van der Waals surface area contributed by atoms with Gasteiger partial charge < -0.3 is 15.5 Å². The van der Waals surface area contributed by atoms with Crippen molar-refractivity contribution < 1.29 is 36.0 Å². The lowest BCUT2D eigenvalue weighted by Gasteiger charge is -2.37. The van der Waals surface area contributed by atoms with Crippen molar-refractivity contribution in [2.45, 2.75) is 44.6 Å². The van der Waals surface area contributed by atoms with Gasteiger partial charge in [0.25, 0.3) is 0 Å². The Morgan fingerprint density at radius 3 is 1.95 bits per heavy atom. The van der Waals surface area contributed by atoms with Crippen molar-refractivity contribution >= 4 is 17.6 Å². The van der Waals surface area contributed by atoms with E-state index < -0.39 is 29.4 Å². The molecule has 2 aliphatic rings. The number of piperidine rings is 2. The monoisotopic (exact) mass is 572 g/mol.